The van der Waals surface area contributed by atoms with Gasteiger partial charge in [-0.1, -0.05) is 42.8 Å². The van der Waals surface area contributed by atoms with Crippen LogP contribution < -0.4 is 5.32 Å². The van der Waals surface area contributed by atoms with Gasteiger partial charge in [-0.2, -0.15) is 0 Å². The van der Waals surface area contributed by atoms with Crippen LogP contribution in [0, 0.1) is 13.8 Å². The number of pyridine rings is 1. The van der Waals surface area contributed by atoms with Gasteiger partial charge in [-0.3, -0.25) is 4.98 Å². The van der Waals surface area contributed by atoms with Gasteiger partial charge in [-0.05, 0) is 44.4 Å². The molecule has 0 atom stereocenters. The van der Waals surface area contributed by atoms with Crippen LogP contribution in [0.2, 0.25) is 0 Å². The van der Waals surface area contributed by atoms with E-state index in [0.717, 1.165) is 39.8 Å². The minimum absolute atomic E-state index is 0.328. The normalized spacial score (nSPS) is 10.8. The van der Waals surface area contributed by atoms with Crippen molar-refractivity contribution in [3.63, 3.8) is 0 Å². The number of carbonyl (C=O) groups is 1. The van der Waals surface area contributed by atoms with Gasteiger partial charge in [-0.25, -0.2) is 4.79 Å². The highest BCUT2D eigenvalue weighted by molar-refractivity contribution is 6.06. The van der Waals surface area contributed by atoms with Crippen LogP contribution in [-0.2, 0) is 11.2 Å². The molecule has 0 aliphatic rings. The third-order valence-corrected chi connectivity index (χ3v) is 4.50. The zero-order chi connectivity index (χ0) is 18.7. The van der Waals surface area contributed by atoms with E-state index in [9.17, 15) is 4.79 Å². The molecule has 0 amide bonds. The summed E-state index contributed by atoms with van der Waals surface area (Å²) >= 11 is 0. The molecule has 0 radical (unpaired) electrons. The Balaban J connectivity index is 2.21. The summed E-state index contributed by atoms with van der Waals surface area (Å²) in [6.07, 6.45) is 2.50. The second-order valence-electron chi connectivity index (χ2n) is 6.38. The summed E-state index contributed by atoms with van der Waals surface area (Å²) in [4.78, 5) is 17.0. The fourth-order valence-electron chi connectivity index (χ4n) is 3.16. The molecule has 1 aromatic heterocycles. The summed E-state index contributed by atoms with van der Waals surface area (Å²) in [5.74, 6) is -0.365. The van der Waals surface area contributed by atoms with E-state index < -0.39 is 0 Å². The first-order valence-electron chi connectivity index (χ1n) is 8.97. The van der Waals surface area contributed by atoms with E-state index in [-0.39, 0.29) is 5.97 Å². The van der Waals surface area contributed by atoms with Crippen LogP contribution in [0.3, 0.4) is 0 Å². The summed E-state index contributed by atoms with van der Waals surface area (Å²) in [6, 6.07) is 12.3. The molecule has 0 aliphatic heterocycles. The fourth-order valence-corrected chi connectivity index (χ4v) is 3.16. The topological polar surface area (TPSA) is 51.2 Å². The minimum Gasteiger partial charge on any atom is -0.462 e. The van der Waals surface area contributed by atoms with Gasteiger partial charge in [0.15, 0.2) is 0 Å². The van der Waals surface area contributed by atoms with E-state index in [2.05, 4.69) is 49.3 Å². The van der Waals surface area contributed by atoms with Crippen LogP contribution in [0.5, 0.6) is 0 Å². The maximum atomic E-state index is 12.5. The van der Waals surface area contributed by atoms with Gasteiger partial charge >= 0.3 is 5.97 Å². The third-order valence-electron chi connectivity index (χ3n) is 4.50. The lowest BCUT2D eigenvalue weighted by Crippen LogP contribution is -2.10. The monoisotopic (exact) mass is 348 g/mol. The van der Waals surface area contributed by atoms with Gasteiger partial charge in [0, 0.05) is 17.3 Å². The molecular formula is C22H24N2O2. The first-order chi connectivity index (χ1) is 12.5. The minimum atomic E-state index is -0.365. The Bertz CT molecular complexity index is 964. The van der Waals surface area contributed by atoms with Crippen molar-refractivity contribution in [3.8, 4) is 0 Å². The largest absolute Gasteiger partial charge is 0.462 e. The standard InChI is InChI=1S/C22H24N2O2/c1-5-16-8-7-9-17-20(16)23-13-18(22(25)26-6-2)21(17)24-19-11-10-14(3)12-15(19)4/h7-13H,5-6H2,1-4H3,(H,23,24). The number of nitrogens with one attached hydrogen (secondary N) is 1. The first-order valence-corrected chi connectivity index (χ1v) is 8.97. The van der Waals surface area contributed by atoms with Gasteiger partial charge in [0.05, 0.1) is 17.8 Å². The lowest BCUT2D eigenvalue weighted by Gasteiger charge is -2.17. The van der Waals surface area contributed by atoms with Crippen molar-refractivity contribution in [1.82, 2.24) is 4.98 Å². The Morgan fingerprint density at radius 1 is 1.15 bits per heavy atom. The number of carbonyl (C=O) groups excluding carboxylic acids is 1. The number of aromatic nitrogens is 1. The van der Waals surface area contributed by atoms with E-state index in [0.29, 0.717) is 12.2 Å². The van der Waals surface area contributed by atoms with Gasteiger partial charge in [0.2, 0.25) is 0 Å². The smallest absolute Gasteiger partial charge is 0.341 e. The van der Waals surface area contributed by atoms with E-state index >= 15 is 0 Å². The fraction of sp³-hybridized carbons (Fsp3) is 0.273. The highest BCUT2D eigenvalue weighted by Crippen LogP contribution is 2.32. The number of hydrogen-bond acceptors (Lipinski definition) is 4. The van der Waals surface area contributed by atoms with E-state index in [1.807, 2.05) is 18.2 Å². The summed E-state index contributed by atoms with van der Waals surface area (Å²) in [5.41, 5.74) is 6.55. The van der Waals surface area contributed by atoms with Crippen LogP contribution in [0.15, 0.2) is 42.6 Å². The lowest BCUT2D eigenvalue weighted by atomic mass is 10.0. The number of para-hydroxylation sites is 1. The zero-order valence-electron chi connectivity index (χ0n) is 15.7. The molecule has 3 aromatic rings. The Labute approximate surface area is 154 Å². The van der Waals surface area contributed by atoms with Crippen molar-refractivity contribution in [3.05, 3.63) is 64.8 Å². The molecule has 0 fully saturated rings. The van der Waals surface area contributed by atoms with Crippen LogP contribution in [0.25, 0.3) is 10.9 Å². The Kier molecular flexibility index (Phi) is 5.21. The lowest BCUT2D eigenvalue weighted by molar-refractivity contribution is 0.0527. The number of hydrogen-bond donors (Lipinski definition) is 1. The van der Waals surface area contributed by atoms with Gasteiger partial charge in [0.1, 0.15) is 5.56 Å². The number of fused-ring (bicyclic) bond motifs is 1. The average Bonchev–Trinajstić information content (AvgIpc) is 2.63. The summed E-state index contributed by atoms with van der Waals surface area (Å²) < 4.78 is 5.24. The summed E-state index contributed by atoms with van der Waals surface area (Å²) in [6.45, 7) is 8.36. The molecule has 134 valence electrons. The number of esters is 1. The number of ether oxygens (including phenoxy) is 1. The Morgan fingerprint density at radius 3 is 2.65 bits per heavy atom. The summed E-state index contributed by atoms with van der Waals surface area (Å²) in [5, 5.41) is 4.39. The van der Waals surface area contributed by atoms with Crippen LogP contribution in [0.4, 0.5) is 11.4 Å². The molecule has 0 saturated heterocycles. The maximum absolute atomic E-state index is 12.5. The highest BCUT2D eigenvalue weighted by Gasteiger charge is 2.18. The van der Waals surface area contributed by atoms with Gasteiger partial charge < -0.3 is 10.1 Å². The first kappa shape index (κ1) is 17.9. The quantitative estimate of drug-likeness (QED) is 0.633. The molecule has 3 rings (SSSR count). The Morgan fingerprint density at radius 2 is 1.96 bits per heavy atom. The van der Waals surface area contributed by atoms with E-state index in [1.165, 1.54) is 5.56 Å². The van der Waals surface area contributed by atoms with Crippen molar-refractivity contribution in [2.75, 3.05) is 11.9 Å². The van der Waals surface area contributed by atoms with Crippen molar-refractivity contribution in [2.45, 2.75) is 34.1 Å². The second-order valence-corrected chi connectivity index (χ2v) is 6.38. The molecule has 0 spiro atoms. The number of anilines is 2. The van der Waals surface area contributed by atoms with Crippen molar-refractivity contribution < 1.29 is 9.53 Å². The van der Waals surface area contributed by atoms with Gasteiger partial charge in [-0.15, -0.1) is 0 Å². The zero-order valence-corrected chi connectivity index (χ0v) is 15.7. The summed E-state index contributed by atoms with van der Waals surface area (Å²) in [7, 11) is 0. The predicted octanol–water partition coefficient (Wildman–Crippen LogP) is 5.33. The molecular weight excluding hydrogens is 324 g/mol. The average molecular weight is 348 g/mol. The van der Waals surface area contributed by atoms with E-state index in [4.69, 9.17) is 4.74 Å². The number of aryl methyl sites for hydroxylation is 3. The molecule has 26 heavy (non-hydrogen) atoms. The molecule has 0 saturated carbocycles. The highest BCUT2D eigenvalue weighted by atomic mass is 16.5. The molecule has 2 aromatic carbocycles. The van der Waals surface area contributed by atoms with E-state index in [1.54, 1.807) is 13.1 Å². The van der Waals surface area contributed by atoms with Crippen molar-refractivity contribution in [2.24, 2.45) is 0 Å². The molecule has 0 bridgehead atoms. The molecule has 0 unspecified atom stereocenters. The molecule has 0 aliphatic carbocycles. The maximum Gasteiger partial charge on any atom is 0.341 e. The van der Waals surface area contributed by atoms with Gasteiger partial charge in [0.25, 0.3) is 0 Å². The Hall–Kier alpha value is -2.88. The molecule has 4 heteroatoms. The second kappa shape index (κ2) is 7.56. The molecule has 4 nitrogen and oxygen atoms in total. The molecule has 1 N–H and O–H groups in total. The number of benzene rings is 2. The number of rotatable bonds is 5. The van der Waals surface area contributed by atoms with Crippen molar-refractivity contribution in [1.29, 1.82) is 0 Å². The SMILES string of the molecule is CCOC(=O)c1cnc2c(CC)cccc2c1Nc1ccc(C)cc1C. The van der Waals surface area contributed by atoms with Crippen LogP contribution >= 0.6 is 0 Å². The number of nitrogens with zero attached hydrogens (tertiary/aromatic N) is 1. The van der Waals surface area contributed by atoms with Crippen LogP contribution in [0.1, 0.15) is 40.9 Å². The molecule has 1 heterocycles. The predicted molar refractivity (Wildman–Crippen MR) is 106 cm³/mol. The van der Waals surface area contributed by atoms with Crippen LogP contribution in [-0.4, -0.2) is 17.6 Å². The third kappa shape index (κ3) is 3.40. The van der Waals surface area contributed by atoms with Crippen molar-refractivity contribution >= 4 is 28.2 Å².